The van der Waals surface area contributed by atoms with Crippen molar-refractivity contribution in [3.8, 4) is 5.75 Å². The molecule has 0 fully saturated rings. The molecule has 0 unspecified atom stereocenters. The second-order valence-electron chi connectivity index (χ2n) is 6.04. The minimum absolute atomic E-state index is 0.102. The predicted molar refractivity (Wildman–Crippen MR) is 103 cm³/mol. The molecule has 0 atom stereocenters. The number of hydrogen-bond acceptors (Lipinski definition) is 4. The average Bonchev–Trinajstić information content (AvgIpc) is 2.60. The van der Waals surface area contributed by atoms with Gasteiger partial charge in [0.25, 0.3) is 0 Å². The van der Waals surface area contributed by atoms with Crippen LogP contribution in [0.1, 0.15) is 40.2 Å². The lowest BCUT2D eigenvalue weighted by atomic mass is 10.2. The highest BCUT2D eigenvalue weighted by Crippen LogP contribution is 2.14. The van der Waals surface area contributed by atoms with Gasteiger partial charge in [-0.1, -0.05) is 32.0 Å². The van der Waals surface area contributed by atoms with E-state index in [2.05, 4.69) is 4.99 Å². The lowest BCUT2D eigenvalue weighted by molar-refractivity contribution is -0.157. The minimum Gasteiger partial charge on any atom is -0.482 e. The number of hydrogen-bond donors (Lipinski definition) is 0. The molecule has 2 rings (SSSR count). The highest BCUT2D eigenvalue weighted by molar-refractivity contribution is 5.82. The zero-order valence-corrected chi connectivity index (χ0v) is 15.7. The number of benzene rings is 2. The number of aliphatic imine (C=N–C) groups is 1. The number of carbonyl (C=O) groups excluding carboxylic acids is 1. The molecule has 134 valence electrons. The van der Waals surface area contributed by atoms with E-state index >= 15 is 0 Å². The standard InChI is InChI=1S/C19H21NO3.C2H6/c1-19(2,3)23-18(21)14-22-17-11-9-15(10-12-17)13-20-16-7-5-4-6-8-16;1-2/h4-13H,14H2,1-3H3;1-2H3. The van der Waals surface area contributed by atoms with Crippen LogP contribution in [-0.2, 0) is 9.53 Å². The third-order valence-corrected chi connectivity index (χ3v) is 2.78. The van der Waals surface area contributed by atoms with Gasteiger partial charge in [0, 0.05) is 6.21 Å². The van der Waals surface area contributed by atoms with Gasteiger partial charge in [0.05, 0.1) is 5.69 Å². The van der Waals surface area contributed by atoms with Crippen LogP contribution in [0.15, 0.2) is 59.6 Å². The summed E-state index contributed by atoms with van der Waals surface area (Å²) in [6.07, 6.45) is 1.78. The molecule has 0 bridgehead atoms. The average molecular weight is 341 g/mol. The van der Waals surface area contributed by atoms with Crippen LogP contribution in [-0.4, -0.2) is 24.4 Å². The van der Waals surface area contributed by atoms with Crippen LogP contribution in [0.5, 0.6) is 5.75 Å². The van der Waals surface area contributed by atoms with Gasteiger partial charge in [0.1, 0.15) is 11.4 Å². The zero-order valence-electron chi connectivity index (χ0n) is 15.7. The van der Waals surface area contributed by atoms with Crippen LogP contribution in [0.2, 0.25) is 0 Å². The van der Waals surface area contributed by atoms with Gasteiger partial charge in [-0.2, -0.15) is 0 Å². The molecule has 2 aromatic carbocycles. The molecule has 0 aromatic heterocycles. The van der Waals surface area contributed by atoms with Gasteiger partial charge in [-0.05, 0) is 62.7 Å². The van der Waals surface area contributed by atoms with Gasteiger partial charge in [0.2, 0.25) is 0 Å². The Labute approximate surface area is 150 Å². The lowest BCUT2D eigenvalue weighted by Crippen LogP contribution is -2.27. The van der Waals surface area contributed by atoms with Crippen LogP contribution >= 0.6 is 0 Å². The normalized spacial score (nSPS) is 10.8. The molecule has 0 aliphatic rings. The van der Waals surface area contributed by atoms with Gasteiger partial charge < -0.3 is 9.47 Å². The fraction of sp³-hybridized carbons (Fsp3) is 0.333. The molecule has 0 N–H and O–H groups in total. The smallest absolute Gasteiger partial charge is 0.344 e. The molecule has 0 heterocycles. The third kappa shape index (κ3) is 8.70. The van der Waals surface area contributed by atoms with Crippen LogP contribution in [0.3, 0.4) is 0 Å². The summed E-state index contributed by atoms with van der Waals surface area (Å²) in [5.74, 6) is 0.236. The minimum atomic E-state index is -0.502. The van der Waals surface area contributed by atoms with Crippen LogP contribution in [0, 0.1) is 0 Å². The van der Waals surface area contributed by atoms with E-state index in [9.17, 15) is 4.79 Å². The molecule has 0 aliphatic carbocycles. The molecule has 0 amide bonds. The summed E-state index contributed by atoms with van der Waals surface area (Å²) in [5.41, 5.74) is 1.36. The van der Waals surface area contributed by atoms with Crippen molar-refractivity contribution in [3.63, 3.8) is 0 Å². The first-order valence-corrected chi connectivity index (χ1v) is 8.46. The highest BCUT2D eigenvalue weighted by Gasteiger charge is 2.16. The number of para-hydroxylation sites is 1. The molecule has 4 nitrogen and oxygen atoms in total. The van der Waals surface area contributed by atoms with E-state index in [1.54, 1.807) is 18.3 Å². The fourth-order valence-corrected chi connectivity index (χ4v) is 1.83. The molecule has 0 radical (unpaired) electrons. The molecular weight excluding hydrogens is 314 g/mol. The lowest BCUT2D eigenvalue weighted by Gasteiger charge is -2.19. The Kier molecular flexibility index (Phi) is 8.40. The largest absolute Gasteiger partial charge is 0.482 e. The van der Waals surface area contributed by atoms with Crippen molar-refractivity contribution in [1.29, 1.82) is 0 Å². The van der Waals surface area contributed by atoms with E-state index in [0.29, 0.717) is 5.75 Å². The summed E-state index contributed by atoms with van der Waals surface area (Å²) in [6, 6.07) is 17.1. The van der Waals surface area contributed by atoms with Crippen molar-refractivity contribution in [2.75, 3.05) is 6.61 Å². The summed E-state index contributed by atoms with van der Waals surface area (Å²) in [5, 5.41) is 0. The maximum atomic E-state index is 11.6. The Hall–Kier alpha value is -2.62. The second-order valence-corrected chi connectivity index (χ2v) is 6.04. The van der Waals surface area contributed by atoms with Crippen LogP contribution in [0.4, 0.5) is 5.69 Å². The number of esters is 1. The first-order chi connectivity index (χ1) is 11.9. The molecule has 0 saturated carbocycles. The van der Waals surface area contributed by atoms with Crippen molar-refractivity contribution in [1.82, 2.24) is 0 Å². The molecule has 0 aliphatic heterocycles. The Morgan fingerprint density at radius 2 is 1.60 bits per heavy atom. The van der Waals surface area contributed by atoms with E-state index in [0.717, 1.165) is 11.3 Å². The van der Waals surface area contributed by atoms with Gasteiger partial charge in [-0.15, -0.1) is 0 Å². The maximum absolute atomic E-state index is 11.6. The van der Waals surface area contributed by atoms with Gasteiger partial charge in [-0.25, -0.2) is 4.79 Å². The van der Waals surface area contributed by atoms with Crippen molar-refractivity contribution in [2.24, 2.45) is 4.99 Å². The monoisotopic (exact) mass is 341 g/mol. The van der Waals surface area contributed by atoms with E-state index < -0.39 is 5.60 Å². The van der Waals surface area contributed by atoms with E-state index in [4.69, 9.17) is 9.47 Å². The summed E-state index contributed by atoms with van der Waals surface area (Å²) < 4.78 is 10.6. The molecule has 4 heteroatoms. The SMILES string of the molecule is CC.CC(C)(C)OC(=O)COc1ccc(C=Nc2ccccc2)cc1. The molecule has 0 spiro atoms. The maximum Gasteiger partial charge on any atom is 0.344 e. The van der Waals surface area contributed by atoms with Gasteiger partial charge in [0.15, 0.2) is 6.61 Å². The van der Waals surface area contributed by atoms with E-state index in [-0.39, 0.29) is 12.6 Å². The summed E-state index contributed by atoms with van der Waals surface area (Å²) >= 11 is 0. The number of ether oxygens (including phenoxy) is 2. The van der Waals surface area contributed by atoms with Crippen molar-refractivity contribution >= 4 is 17.9 Å². The second kappa shape index (κ2) is 10.3. The van der Waals surface area contributed by atoms with Crippen molar-refractivity contribution < 1.29 is 14.3 Å². The molecular formula is C21H27NO3. The van der Waals surface area contributed by atoms with E-state index in [1.807, 2.05) is 77.1 Å². The third-order valence-electron chi connectivity index (χ3n) is 2.78. The van der Waals surface area contributed by atoms with Gasteiger partial charge >= 0.3 is 5.97 Å². The van der Waals surface area contributed by atoms with Gasteiger partial charge in [-0.3, -0.25) is 4.99 Å². The Bertz CT molecular complexity index is 656. The van der Waals surface area contributed by atoms with Crippen molar-refractivity contribution in [2.45, 2.75) is 40.2 Å². The highest BCUT2D eigenvalue weighted by atomic mass is 16.6. The summed E-state index contributed by atoms with van der Waals surface area (Å²) in [4.78, 5) is 16.0. The van der Waals surface area contributed by atoms with E-state index in [1.165, 1.54) is 0 Å². The number of nitrogens with zero attached hydrogens (tertiary/aromatic N) is 1. The zero-order chi connectivity index (χ0) is 18.7. The topological polar surface area (TPSA) is 47.9 Å². The Morgan fingerprint density at radius 3 is 2.16 bits per heavy atom. The first kappa shape index (κ1) is 20.4. The summed E-state index contributed by atoms with van der Waals surface area (Å²) in [6.45, 7) is 9.37. The Morgan fingerprint density at radius 1 is 1.00 bits per heavy atom. The molecule has 0 saturated heterocycles. The first-order valence-electron chi connectivity index (χ1n) is 8.46. The fourth-order valence-electron chi connectivity index (χ4n) is 1.83. The molecule has 25 heavy (non-hydrogen) atoms. The quantitative estimate of drug-likeness (QED) is 0.556. The number of carbonyl (C=O) groups is 1. The van der Waals surface area contributed by atoms with Crippen molar-refractivity contribution in [3.05, 3.63) is 60.2 Å². The summed E-state index contributed by atoms with van der Waals surface area (Å²) in [7, 11) is 0. The van der Waals surface area contributed by atoms with Crippen LogP contribution < -0.4 is 4.74 Å². The number of rotatable bonds is 5. The predicted octanol–water partition coefficient (Wildman–Crippen LogP) is 5.18. The van der Waals surface area contributed by atoms with Crippen LogP contribution in [0.25, 0.3) is 0 Å². The Balaban J connectivity index is 0.00000151. The molecule has 2 aromatic rings.